The van der Waals surface area contributed by atoms with Crippen molar-refractivity contribution in [2.24, 2.45) is 0 Å². The summed E-state index contributed by atoms with van der Waals surface area (Å²) < 4.78 is 18.3. The third kappa shape index (κ3) is 3.31. The molecule has 14 heavy (non-hydrogen) atoms. The topological polar surface area (TPSA) is 9.23 Å². The molecule has 0 bridgehead atoms. The van der Waals surface area contributed by atoms with Gasteiger partial charge in [-0.1, -0.05) is 6.07 Å². The molecule has 0 aliphatic carbocycles. The molecule has 0 heterocycles. The highest BCUT2D eigenvalue weighted by molar-refractivity contribution is 7.98. The number of hydrogen-bond acceptors (Lipinski definition) is 2. The molecule has 1 nitrogen and oxygen atoms in total. The standard InChI is InChI=1S/C11H15FOS/c1-3-13-7-6-9-4-5-10(12)11(8-9)14-2/h4-5,8H,3,6-7H2,1-2H3. The van der Waals surface area contributed by atoms with Gasteiger partial charge in [-0.25, -0.2) is 4.39 Å². The molecule has 0 atom stereocenters. The van der Waals surface area contributed by atoms with Crippen molar-refractivity contribution in [3.05, 3.63) is 29.6 Å². The second-order valence-corrected chi connectivity index (χ2v) is 3.76. The van der Waals surface area contributed by atoms with E-state index >= 15 is 0 Å². The molecular weight excluding hydrogens is 199 g/mol. The first-order chi connectivity index (χ1) is 6.77. The predicted octanol–water partition coefficient (Wildman–Crippen LogP) is 3.13. The summed E-state index contributed by atoms with van der Waals surface area (Å²) in [5.74, 6) is -0.141. The van der Waals surface area contributed by atoms with E-state index in [0.717, 1.165) is 18.6 Å². The van der Waals surface area contributed by atoms with Gasteiger partial charge in [0.05, 0.1) is 6.61 Å². The van der Waals surface area contributed by atoms with Gasteiger partial charge in [-0.15, -0.1) is 11.8 Å². The minimum absolute atomic E-state index is 0.141. The monoisotopic (exact) mass is 214 g/mol. The lowest BCUT2D eigenvalue weighted by Gasteiger charge is -2.04. The number of benzene rings is 1. The zero-order valence-electron chi connectivity index (χ0n) is 8.55. The highest BCUT2D eigenvalue weighted by Gasteiger charge is 2.01. The predicted molar refractivity (Wildman–Crippen MR) is 58.4 cm³/mol. The second-order valence-electron chi connectivity index (χ2n) is 2.92. The maximum atomic E-state index is 13.1. The van der Waals surface area contributed by atoms with Crippen LogP contribution in [0.25, 0.3) is 0 Å². The summed E-state index contributed by atoms with van der Waals surface area (Å²) >= 11 is 1.43. The average Bonchev–Trinajstić information content (AvgIpc) is 2.21. The summed E-state index contributed by atoms with van der Waals surface area (Å²) in [6.45, 7) is 3.41. The fourth-order valence-corrected chi connectivity index (χ4v) is 1.73. The Hall–Kier alpha value is -0.540. The van der Waals surface area contributed by atoms with E-state index in [9.17, 15) is 4.39 Å². The van der Waals surface area contributed by atoms with Crippen LogP contribution in [0.4, 0.5) is 4.39 Å². The van der Waals surface area contributed by atoms with Crippen molar-refractivity contribution in [3.63, 3.8) is 0 Å². The Morgan fingerprint density at radius 2 is 2.21 bits per heavy atom. The van der Waals surface area contributed by atoms with Gasteiger partial charge in [-0.3, -0.25) is 0 Å². The minimum Gasteiger partial charge on any atom is -0.381 e. The molecule has 0 amide bonds. The Morgan fingerprint density at radius 1 is 1.43 bits per heavy atom. The normalized spacial score (nSPS) is 10.5. The van der Waals surface area contributed by atoms with Crippen LogP contribution >= 0.6 is 11.8 Å². The SMILES string of the molecule is CCOCCc1ccc(F)c(SC)c1. The Kier molecular flexibility index (Phi) is 4.98. The van der Waals surface area contributed by atoms with Crippen molar-refractivity contribution >= 4 is 11.8 Å². The number of hydrogen-bond donors (Lipinski definition) is 0. The maximum absolute atomic E-state index is 13.1. The van der Waals surface area contributed by atoms with Crippen LogP contribution in [0.3, 0.4) is 0 Å². The van der Waals surface area contributed by atoms with E-state index in [4.69, 9.17) is 4.74 Å². The van der Waals surface area contributed by atoms with Crippen LogP contribution in [0, 0.1) is 5.82 Å². The molecule has 0 radical (unpaired) electrons. The van der Waals surface area contributed by atoms with E-state index in [-0.39, 0.29) is 5.82 Å². The molecule has 1 rings (SSSR count). The summed E-state index contributed by atoms with van der Waals surface area (Å²) in [5.41, 5.74) is 1.13. The van der Waals surface area contributed by atoms with Gasteiger partial charge in [0.15, 0.2) is 0 Å². The van der Waals surface area contributed by atoms with Gasteiger partial charge in [0, 0.05) is 11.5 Å². The molecule has 0 unspecified atom stereocenters. The quantitative estimate of drug-likeness (QED) is 0.550. The molecular formula is C11H15FOS. The van der Waals surface area contributed by atoms with Crippen molar-refractivity contribution in [1.82, 2.24) is 0 Å². The van der Waals surface area contributed by atoms with Crippen LogP contribution in [0.5, 0.6) is 0 Å². The maximum Gasteiger partial charge on any atom is 0.136 e. The first-order valence-corrected chi connectivity index (χ1v) is 5.90. The molecule has 0 saturated heterocycles. The Morgan fingerprint density at radius 3 is 2.86 bits per heavy atom. The Bertz CT molecular complexity index is 289. The smallest absolute Gasteiger partial charge is 0.136 e. The second kappa shape index (κ2) is 6.04. The summed E-state index contributed by atoms with van der Waals surface area (Å²) in [5, 5.41) is 0. The van der Waals surface area contributed by atoms with Crippen molar-refractivity contribution in [1.29, 1.82) is 0 Å². The fraction of sp³-hybridized carbons (Fsp3) is 0.455. The van der Waals surface area contributed by atoms with Crippen molar-refractivity contribution in [3.8, 4) is 0 Å². The van der Waals surface area contributed by atoms with Crippen molar-refractivity contribution < 1.29 is 9.13 Å². The van der Waals surface area contributed by atoms with E-state index in [1.807, 2.05) is 25.3 Å². The van der Waals surface area contributed by atoms with Gasteiger partial charge >= 0.3 is 0 Å². The van der Waals surface area contributed by atoms with Gasteiger partial charge < -0.3 is 4.74 Å². The van der Waals surface area contributed by atoms with Gasteiger partial charge in [0.1, 0.15) is 5.82 Å². The largest absolute Gasteiger partial charge is 0.381 e. The van der Waals surface area contributed by atoms with Crippen LogP contribution in [-0.2, 0) is 11.2 Å². The van der Waals surface area contributed by atoms with Crippen LogP contribution in [0.15, 0.2) is 23.1 Å². The van der Waals surface area contributed by atoms with Gasteiger partial charge in [-0.05, 0) is 37.3 Å². The molecule has 0 spiro atoms. The third-order valence-corrected chi connectivity index (χ3v) is 2.71. The van der Waals surface area contributed by atoms with Gasteiger partial charge in [0.2, 0.25) is 0 Å². The lowest BCUT2D eigenvalue weighted by Crippen LogP contribution is -1.98. The van der Waals surface area contributed by atoms with E-state index in [1.165, 1.54) is 17.8 Å². The Labute approximate surface area is 88.7 Å². The zero-order valence-corrected chi connectivity index (χ0v) is 9.36. The lowest BCUT2D eigenvalue weighted by atomic mass is 10.1. The summed E-state index contributed by atoms with van der Waals surface area (Å²) in [6, 6.07) is 5.22. The number of halogens is 1. The minimum atomic E-state index is -0.141. The number of rotatable bonds is 5. The number of ether oxygens (including phenoxy) is 1. The molecule has 1 aromatic rings. The lowest BCUT2D eigenvalue weighted by molar-refractivity contribution is 0.151. The van der Waals surface area contributed by atoms with Gasteiger partial charge in [0.25, 0.3) is 0 Å². The third-order valence-electron chi connectivity index (χ3n) is 1.95. The zero-order chi connectivity index (χ0) is 10.4. The van der Waals surface area contributed by atoms with Crippen molar-refractivity contribution in [2.75, 3.05) is 19.5 Å². The molecule has 0 saturated carbocycles. The molecule has 0 aliphatic rings. The average molecular weight is 214 g/mol. The highest BCUT2D eigenvalue weighted by atomic mass is 32.2. The van der Waals surface area contributed by atoms with Gasteiger partial charge in [-0.2, -0.15) is 0 Å². The molecule has 0 N–H and O–H groups in total. The van der Waals surface area contributed by atoms with E-state index in [1.54, 1.807) is 0 Å². The van der Waals surface area contributed by atoms with Crippen LogP contribution in [0.1, 0.15) is 12.5 Å². The van der Waals surface area contributed by atoms with Crippen LogP contribution in [-0.4, -0.2) is 19.5 Å². The summed E-state index contributed by atoms with van der Waals surface area (Å²) in [6.07, 6.45) is 2.73. The molecule has 0 aromatic heterocycles. The first kappa shape index (κ1) is 11.5. The molecule has 3 heteroatoms. The van der Waals surface area contributed by atoms with E-state index in [0.29, 0.717) is 11.5 Å². The molecule has 0 aliphatic heterocycles. The van der Waals surface area contributed by atoms with E-state index in [2.05, 4.69) is 0 Å². The molecule has 78 valence electrons. The van der Waals surface area contributed by atoms with E-state index < -0.39 is 0 Å². The first-order valence-electron chi connectivity index (χ1n) is 4.68. The summed E-state index contributed by atoms with van der Waals surface area (Å²) in [4.78, 5) is 0.707. The number of thioether (sulfide) groups is 1. The molecule has 1 aromatic carbocycles. The Balaban J connectivity index is 2.60. The fourth-order valence-electron chi connectivity index (χ4n) is 1.19. The molecule has 0 fully saturated rings. The van der Waals surface area contributed by atoms with Crippen LogP contribution in [0.2, 0.25) is 0 Å². The summed E-state index contributed by atoms with van der Waals surface area (Å²) in [7, 11) is 0. The van der Waals surface area contributed by atoms with Crippen LogP contribution < -0.4 is 0 Å². The van der Waals surface area contributed by atoms with Crippen molar-refractivity contribution in [2.45, 2.75) is 18.2 Å². The highest BCUT2D eigenvalue weighted by Crippen LogP contribution is 2.20.